The standard InChI is InChI=1S/C13H22N4O3/c1-2-9(8-14)7-10(18)17-5-3-13(4-6-17)11(19)15-12(20)16-13/h9H,2-8,14H2,1H3,(H2,15,16,19,20). The van der Waals surface area contributed by atoms with Gasteiger partial charge in [0.15, 0.2) is 0 Å². The maximum Gasteiger partial charge on any atom is 0.322 e. The van der Waals surface area contributed by atoms with Gasteiger partial charge in [-0.1, -0.05) is 13.3 Å². The molecule has 2 rings (SSSR count). The maximum atomic E-state index is 12.2. The van der Waals surface area contributed by atoms with Crippen LogP contribution in [-0.4, -0.2) is 47.9 Å². The first-order valence-corrected chi connectivity index (χ1v) is 7.12. The van der Waals surface area contributed by atoms with Crippen LogP contribution in [0.25, 0.3) is 0 Å². The summed E-state index contributed by atoms with van der Waals surface area (Å²) in [6, 6.07) is -0.441. The molecule has 20 heavy (non-hydrogen) atoms. The van der Waals surface area contributed by atoms with Crippen molar-refractivity contribution in [1.82, 2.24) is 15.5 Å². The van der Waals surface area contributed by atoms with Gasteiger partial charge in [-0.2, -0.15) is 0 Å². The third kappa shape index (κ3) is 2.77. The molecule has 1 spiro atoms. The average Bonchev–Trinajstić information content (AvgIpc) is 2.71. The lowest BCUT2D eigenvalue weighted by molar-refractivity contribution is -0.136. The van der Waals surface area contributed by atoms with Gasteiger partial charge >= 0.3 is 6.03 Å². The molecule has 0 aromatic heterocycles. The number of amides is 4. The van der Waals surface area contributed by atoms with Crippen molar-refractivity contribution >= 4 is 17.8 Å². The Balaban J connectivity index is 1.89. The lowest BCUT2D eigenvalue weighted by Gasteiger charge is -2.37. The van der Waals surface area contributed by atoms with E-state index in [1.807, 2.05) is 6.92 Å². The van der Waals surface area contributed by atoms with E-state index in [2.05, 4.69) is 10.6 Å². The highest BCUT2D eigenvalue weighted by Gasteiger charge is 2.48. The summed E-state index contributed by atoms with van der Waals surface area (Å²) in [7, 11) is 0. The molecule has 112 valence electrons. The Bertz CT molecular complexity index is 412. The van der Waals surface area contributed by atoms with Gasteiger partial charge in [0.25, 0.3) is 5.91 Å². The number of piperidine rings is 1. The van der Waals surface area contributed by atoms with Crippen molar-refractivity contribution in [2.75, 3.05) is 19.6 Å². The van der Waals surface area contributed by atoms with Crippen LogP contribution in [0.5, 0.6) is 0 Å². The van der Waals surface area contributed by atoms with Crippen LogP contribution in [0, 0.1) is 5.92 Å². The minimum atomic E-state index is -0.814. The van der Waals surface area contributed by atoms with Crippen LogP contribution >= 0.6 is 0 Å². The molecule has 0 aliphatic carbocycles. The smallest absolute Gasteiger partial charge is 0.322 e. The largest absolute Gasteiger partial charge is 0.342 e. The van der Waals surface area contributed by atoms with Gasteiger partial charge in [0.1, 0.15) is 5.54 Å². The number of nitrogens with zero attached hydrogens (tertiary/aromatic N) is 1. The normalized spacial score (nSPS) is 22.6. The molecule has 2 aliphatic rings. The van der Waals surface area contributed by atoms with Crippen molar-refractivity contribution in [2.24, 2.45) is 11.7 Å². The van der Waals surface area contributed by atoms with Crippen LogP contribution in [0.3, 0.4) is 0 Å². The summed E-state index contributed by atoms with van der Waals surface area (Å²) in [5, 5.41) is 4.95. The number of urea groups is 1. The number of imide groups is 1. The number of carbonyl (C=O) groups is 3. The zero-order valence-corrected chi connectivity index (χ0v) is 11.8. The molecule has 1 atom stereocenters. The quantitative estimate of drug-likeness (QED) is 0.608. The molecule has 2 fully saturated rings. The van der Waals surface area contributed by atoms with E-state index in [0.717, 1.165) is 6.42 Å². The lowest BCUT2D eigenvalue weighted by Crippen LogP contribution is -2.55. The van der Waals surface area contributed by atoms with E-state index in [1.54, 1.807) is 4.90 Å². The van der Waals surface area contributed by atoms with Crippen molar-refractivity contribution in [3.8, 4) is 0 Å². The molecule has 1 unspecified atom stereocenters. The van der Waals surface area contributed by atoms with Crippen molar-refractivity contribution in [3.05, 3.63) is 0 Å². The molecule has 4 N–H and O–H groups in total. The summed E-state index contributed by atoms with van der Waals surface area (Å²) in [6.07, 6.45) is 2.28. The summed E-state index contributed by atoms with van der Waals surface area (Å²) in [6.45, 7) is 3.52. The third-order valence-corrected chi connectivity index (χ3v) is 4.36. The van der Waals surface area contributed by atoms with E-state index in [4.69, 9.17) is 5.73 Å². The number of carbonyl (C=O) groups excluding carboxylic acids is 3. The molecular weight excluding hydrogens is 260 g/mol. The molecule has 2 heterocycles. The van der Waals surface area contributed by atoms with Crippen LogP contribution in [0.2, 0.25) is 0 Å². The fraction of sp³-hybridized carbons (Fsp3) is 0.769. The Hall–Kier alpha value is -1.63. The Morgan fingerprint density at radius 2 is 2.05 bits per heavy atom. The first-order valence-electron chi connectivity index (χ1n) is 7.12. The molecule has 0 radical (unpaired) electrons. The summed E-state index contributed by atoms with van der Waals surface area (Å²) >= 11 is 0. The van der Waals surface area contributed by atoms with Crippen LogP contribution in [0.1, 0.15) is 32.6 Å². The zero-order chi connectivity index (χ0) is 14.8. The zero-order valence-electron chi connectivity index (χ0n) is 11.8. The Morgan fingerprint density at radius 3 is 2.50 bits per heavy atom. The minimum Gasteiger partial charge on any atom is -0.342 e. The van der Waals surface area contributed by atoms with Crippen LogP contribution < -0.4 is 16.4 Å². The van der Waals surface area contributed by atoms with Crippen LogP contribution in [0.4, 0.5) is 4.79 Å². The van der Waals surface area contributed by atoms with E-state index >= 15 is 0 Å². The van der Waals surface area contributed by atoms with Gasteiger partial charge < -0.3 is 16.0 Å². The predicted molar refractivity (Wildman–Crippen MR) is 72.7 cm³/mol. The SMILES string of the molecule is CCC(CN)CC(=O)N1CCC2(CC1)NC(=O)NC2=O. The molecule has 2 saturated heterocycles. The monoisotopic (exact) mass is 282 g/mol. The minimum absolute atomic E-state index is 0.0851. The molecule has 0 aromatic carbocycles. The second-order valence-corrected chi connectivity index (χ2v) is 5.59. The van der Waals surface area contributed by atoms with Crippen molar-refractivity contribution < 1.29 is 14.4 Å². The van der Waals surface area contributed by atoms with E-state index in [0.29, 0.717) is 38.9 Å². The van der Waals surface area contributed by atoms with E-state index in [-0.39, 0.29) is 17.7 Å². The van der Waals surface area contributed by atoms with Crippen molar-refractivity contribution in [2.45, 2.75) is 38.1 Å². The van der Waals surface area contributed by atoms with Gasteiger partial charge in [-0.25, -0.2) is 4.79 Å². The molecule has 0 saturated carbocycles. The highest BCUT2D eigenvalue weighted by molar-refractivity contribution is 6.07. The van der Waals surface area contributed by atoms with Crippen LogP contribution in [-0.2, 0) is 9.59 Å². The summed E-state index contributed by atoms with van der Waals surface area (Å²) in [5.74, 6) is 0.0257. The highest BCUT2D eigenvalue weighted by Crippen LogP contribution is 2.26. The molecule has 4 amide bonds. The van der Waals surface area contributed by atoms with Gasteiger partial charge in [-0.05, 0) is 25.3 Å². The number of hydrogen-bond acceptors (Lipinski definition) is 4. The number of nitrogens with two attached hydrogens (primary N) is 1. The molecular formula is C13H22N4O3. The number of nitrogens with one attached hydrogen (secondary N) is 2. The van der Waals surface area contributed by atoms with E-state index in [9.17, 15) is 14.4 Å². The third-order valence-electron chi connectivity index (χ3n) is 4.36. The van der Waals surface area contributed by atoms with Gasteiger partial charge in [-0.3, -0.25) is 14.9 Å². The fourth-order valence-corrected chi connectivity index (χ4v) is 2.79. The number of likely N-dealkylation sites (tertiary alicyclic amines) is 1. The Kier molecular flexibility index (Phi) is 4.27. The molecule has 7 nitrogen and oxygen atoms in total. The molecule has 7 heteroatoms. The summed E-state index contributed by atoms with van der Waals surface area (Å²) < 4.78 is 0. The number of rotatable bonds is 4. The van der Waals surface area contributed by atoms with Gasteiger partial charge in [0, 0.05) is 19.5 Å². The maximum absolute atomic E-state index is 12.2. The average molecular weight is 282 g/mol. The van der Waals surface area contributed by atoms with Gasteiger partial charge in [0.2, 0.25) is 5.91 Å². The lowest BCUT2D eigenvalue weighted by atomic mass is 9.87. The topological polar surface area (TPSA) is 105 Å². The molecule has 0 bridgehead atoms. The first-order chi connectivity index (χ1) is 9.50. The second kappa shape index (κ2) is 5.78. The van der Waals surface area contributed by atoms with Crippen molar-refractivity contribution in [1.29, 1.82) is 0 Å². The Labute approximate surface area is 118 Å². The summed E-state index contributed by atoms with van der Waals surface area (Å²) in [4.78, 5) is 36.9. The summed E-state index contributed by atoms with van der Waals surface area (Å²) in [5.41, 5.74) is 4.80. The second-order valence-electron chi connectivity index (χ2n) is 5.59. The van der Waals surface area contributed by atoms with Crippen molar-refractivity contribution in [3.63, 3.8) is 0 Å². The van der Waals surface area contributed by atoms with E-state index in [1.165, 1.54) is 0 Å². The number of hydrogen-bond donors (Lipinski definition) is 3. The van der Waals surface area contributed by atoms with Gasteiger partial charge in [-0.15, -0.1) is 0 Å². The Morgan fingerprint density at radius 1 is 1.40 bits per heavy atom. The van der Waals surface area contributed by atoms with E-state index < -0.39 is 11.6 Å². The molecule has 0 aromatic rings. The fourth-order valence-electron chi connectivity index (χ4n) is 2.79. The molecule has 2 aliphatic heterocycles. The predicted octanol–water partition coefficient (Wildman–Crippen LogP) is -0.438. The highest BCUT2D eigenvalue weighted by atomic mass is 16.2. The van der Waals surface area contributed by atoms with Crippen LogP contribution in [0.15, 0.2) is 0 Å². The van der Waals surface area contributed by atoms with Gasteiger partial charge in [0.05, 0.1) is 0 Å². The first kappa shape index (κ1) is 14.8.